The number of carboxylic acid groups (broad SMARTS) is 1. The molecule has 2 aromatic carbocycles. The quantitative estimate of drug-likeness (QED) is 0.169. The molecule has 12 nitrogen and oxygen atoms in total. The highest BCUT2D eigenvalue weighted by Crippen LogP contribution is 2.48. The number of rotatable bonds is 11. The smallest absolute Gasteiger partial charge is 0.310 e. The molecule has 0 radical (unpaired) electrons. The van der Waals surface area contributed by atoms with E-state index in [1.807, 2.05) is 55.8 Å². The standard InChI is InChI=1S/C41H53N7O5S/c1-25-10-11-29(35(40(5,6)39(49)50)32-14-15-33-36(28(32)4)44-45-48(33)31-12-13-31)21-30(25)23-47-24-41(16-17-41)53-38-34(54(47,51)52)20-26(2)37(43-38)42-27(3)22-46-18-8-7-9-19-46/h10-11,14-15,20-21,27,31,35H,7-9,12-13,16-19,22-24H2,1-6H3,(H,42,43)(H,49,50)/t27-,35-/m0/s1. The number of carboxylic acids is 1. The van der Waals surface area contributed by atoms with Crippen LogP contribution in [0.3, 0.4) is 0 Å². The number of pyridine rings is 1. The summed E-state index contributed by atoms with van der Waals surface area (Å²) in [5, 5.41) is 23.1. The van der Waals surface area contributed by atoms with Gasteiger partial charge in [-0.15, -0.1) is 5.10 Å². The Labute approximate surface area is 318 Å². The lowest BCUT2D eigenvalue weighted by Gasteiger charge is -2.33. The lowest BCUT2D eigenvalue weighted by atomic mass is 9.69. The number of piperidine rings is 1. The second-order valence-electron chi connectivity index (χ2n) is 17.0. The van der Waals surface area contributed by atoms with Crippen LogP contribution in [0.5, 0.6) is 5.88 Å². The Morgan fingerprint density at radius 1 is 1.06 bits per heavy atom. The first-order valence-corrected chi connectivity index (χ1v) is 21.0. The van der Waals surface area contributed by atoms with Crippen molar-refractivity contribution in [1.82, 2.24) is 29.2 Å². The molecule has 2 N–H and O–H groups in total. The minimum atomic E-state index is -4.02. The van der Waals surface area contributed by atoms with Crippen LogP contribution in [0.4, 0.5) is 5.82 Å². The monoisotopic (exact) mass is 755 g/mol. The summed E-state index contributed by atoms with van der Waals surface area (Å²) in [6.45, 7) is 14.9. The number of anilines is 1. The van der Waals surface area contributed by atoms with Gasteiger partial charge in [0.25, 0.3) is 0 Å². The molecule has 0 unspecified atom stereocenters. The number of sulfonamides is 1. The maximum atomic E-state index is 14.6. The summed E-state index contributed by atoms with van der Waals surface area (Å²) in [5.74, 6) is -0.657. The predicted octanol–water partition coefficient (Wildman–Crippen LogP) is 6.73. The van der Waals surface area contributed by atoms with E-state index in [0.717, 1.165) is 89.7 Å². The SMILES string of the molecule is Cc1ccc([C@@H](c2ccc3c(nnn3C3CC3)c2C)C(C)(C)C(=O)O)cc1CN1CC2(CC2)Oc2nc(N[C@@H](C)CN3CCCCC3)c(C)cc2S1(=O)=O. The first-order valence-electron chi connectivity index (χ1n) is 19.5. The van der Waals surface area contributed by atoms with Crippen LogP contribution < -0.4 is 10.1 Å². The average Bonchev–Trinajstić information content (AvgIpc) is 4.06. The largest absolute Gasteiger partial charge is 0.481 e. The van der Waals surface area contributed by atoms with Gasteiger partial charge in [0.1, 0.15) is 21.8 Å². The number of aliphatic carboxylic acids is 1. The van der Waals surface area contributed by atoms with Gasteiger partial charge in [-0.1, -0.05) is 35.9 Å². The molecule has 0 bridgehead atoms. The van der Waals surface area contributed by atoms with Gasteiger partial charge in [-0.3, -0.25) is 4.79 Å². The molecule has 288 valence electrons. The number of hydrogen-bond acceptors (Lipinski definition) is 9. The van der Waals surface area contributed by atoms with Crippen molar-refractivity contribution in [3.05, 3.63) is 69.8 Å². The normalized spacial score (nSPS) is 20.9. The maximum absolute atomic E-state index is 14.6. The summed E-state index contributed by atoms with van der Waals surface area (Å²) in [5.41, 5.74) is 4.96. The first-order chi connectivity index (χ1) is 25.7. The fraction of sp³-hybridized carbons (Fsp3) is 0.561. The molecule has 2 aliphatic heterocycles. The summed E-state index contributed by atoms with van der Waals surface area (Å²) in [6, 6.07) is 12.2. The van der Waals surface area contributed by atoms with Gasteiger partial charge >= 0.3 is 5.97 Å². The summed E-state index contributed by atoms with van der Waals surface area (Å²) < 4.78 is 39.2. The van der Waals surface area contributed by atoms with Gasteiger partial charge in [0, 0.05) is 25.0 Å². The molecule has 4 heterocycles. The van der Waals surface area contributed by atoms with E-state index in [-0.39, 0.29) is 29.9 Å². The van der Waals surface area contributed by atoms with E-state index >= 15 is 0 Å². The van der Waals surface area contributed by atoms with Crippen LogP contribution in [0.1, 0.15) is 111 Å². The fourth-order valence-electron chi connectivity index (χ4n) is 8.50. The number of fused-ring (bicyclic) bond motifs is 2. The van der Waals surface area contributed by atoms with E-state index in [9.17, 15) is 18.3 Å². The zero-order chi connectivity index (χ0) is 38.2. The molecule has 4 aromatic rings. The molecule has 1 spiro atoms. The lowest BCUT2D eigenvalue weighted by Crippen LogP contribution is -2.38. The number of likely N-dealkylation sites (tertiary alicyclic amines) is 1. The van der Waals surface area contributed by atoms with Crippen molar-refractivity contribution in [1.29, 1.82) is 0 Å². The van der Waals surface area contributed by atoms with E-state index in [4.69, 9.17) is 9.72 Å². The summed E-state index contributed by atoms with van der Waals surface area (Å²) in [7, 11) is -4.02. The van der Waals surface area contributed by atoms with Crippen molar-refractivity contribution in [2.75, 3.05) is 31.5 Å². The van der Waals surface area contributed by atoms with Gasteiger partial charge in [-0.2, -0.15) is 9.29 Å². The summed E-state index contributed by atoms with van der Waals surface area (Å²) >= 11 is 0. The zero-order valence-corrected chi connectivity index (χ0v) is 33.2. The molecule has 1 saturated heterocycles. The van der Waals surface area contributed by atoms with Gasteiger partial charge in [0.2, 0.25) is 15.9 Å². The highest BCUT2D eigenvalue weighted by Gasteiger charge is 2.53. The lowest BCUT2D eigenvalue weighted by molar-refractivity contribution is -0.147. The van der Waals surface area contributed by atoms with Crippen molar-refractivity contribution >= 4 is 32.8 Å². The fourth-order valence-corrected chi connectivity index (χ4v) is 10.1. The Bertz CT molecular complexity index is 2220. The van der Waals surface area contributed by atoms with Gasteiger partial charge in [-0.25, -0.2) is 13.1 Å². The Kier molecular flexibility index (Phi) is 9.29. The van der Waals surface area contributed by atoms with Crippen LogP contribution in [0.25, 0.3) is 11.0 Å². The van der Waals surface area contributed by atoms with E-state index < -0.39 is 32.9 Å². The van der Waals surface area contributed by atoms with Crippen LogP contribution >= 0.6 is 0 Å². The second-order valence-corrected chi connectivity index (χ2v) is 18.9. The first kappa shape index (κ1) is 36.9. The van der Waals surface area contributed by atoms with Crippen molar-refractivity contribution in [2.24, 2.45) is 5.41 Å². The number of nitrogens with zero attached hydrogens (tertiary/aromatic N) is 6. The van der Waals surface area contributed by atoms with E-state index in [0.29, 0.717) is 11.9 Å². The van der Waals surface area contributed by atoms with Crippen LogP contribution in [0.15, 0.2) is 41.3 Å². The Hall–Kier alpha value is -4.07. The molecule has 2 atom stereocenters. The number of nitrogens with one attached hydrogen (secondary N) is 1. The minimum Gasteiger partial charge on any atom is -0.481 e. The number of aromatic nitrogens is 4. The summed E-state index contributed by atoms with van der Waals surface area (Å²) in [4.78, 5) is 20.3. The van der Waals surface area contributed by atoms with Crippen molar-refractivity contribution in [2.45, 2.75) is 122 Å². The molecule has 0 amide bonds. The Balaban J connectivity index is 1.12. The third-order valence-electron chi connectivity index (χ3n) is 12.2. The number of ether oxygens (including phenoxy) is 1. The van der Waals surface area contributed by atoms with E-state index in [2.05, 4.69) is 27.5 Å². The molecule has 2 aliphatic carbocycles. The second kappa shape index (κ2) is 13.6. The van der Waals surface area contributed by atoms with Crippen LogP contribution in [-0.2, 0) is 21.4 Å². The molecule has 13 heteroatoms. The van der Waals surface area contributed by atoms with Gasteiger partial charge in [0.15, 0.2) is 0 Å². The maximum Gasteiger partial charge on any atom is 0.310 e. The number of aryl methyl sites for hydroxylation is 3. The van der Waals surface area contributed by atoms with Crippen LogP contribution in [0, 0.1) is 26.2 Å². The number of benzene rings is 2. The molecule has 54 heavy (non-hydrogen) atoms. The molecule has 2 aromatic heterocycles. The Morgan fingerprint density at radius 2 is 1.80 bits per heavy atom. The van der Waals surface area contributed by atoms with Gasteiger partial charge < -0.3 is 20.1 Å². The summed E-state index contributed by atoms with van der Waals surface area (Å²) in [6.07, 6.45) is 7.37. The van der Waals surface area contributed by atoms with Crippen molar-refractivity contribution in [3.63, 3.8) is 0 Å². The van der Waals surface area contributed by atoms with Crippen molar-refractivity contribution < 1.29 is 23.1 Å². The highest BCUT2D eigenvalue weighted by atomic mass is 32.2. The van der Waals surface area contributed by atoms with Crippen molar-refractivity contribution in [3.8, 4) is 5.88 Å². The average molecular weight is 756 g/mol. The Morgan fingerprint density at radius 3 is 2.48 bits per heavy atom. The highest BCUT2D eigenvalue weighted by molar-refractivity contribution is 7.89. The third-order valence-corrected chi connectivity index (χ3v) is 14.0. The predicted molar refractivity (Wildman–Crippen MR) is 208 cm³/mol. The third kappa shape index (κ3) is 6.76. The van der Waals surface area contributed by atoms with Crippen LogP contribution in [-0.4, -0.2) is 86.5 Å². The van der Waals surface area contributed by atoms with E-state index in [1.54, 1.807) is 19.9 Å². The number of carbonyl (C=O) groups is 1. The van der Waals surface area contributed by atoms with E-state index in [1.165, 1.54) is 23.6 Å². The number of hydrogen-bond donors (Lipinski definition) is 2. The topological polar surface area (TPSA) is 143 Å². The zero-order valence-electron chi connectivity index (χ0n) is 32.4. The molecule has 4 aliphatic rings. The van der Waals surface area contributed by atoms with Crippen LogP contribution in [0.2, 0.25) is 0 Å². The van der Waals surface area contributed by atoms with Gasteiger partial charge in [0.05, 0.1) is 23.5 Å². The molecular formula is C41H53N7O5S. The minimum absolute atomic E-state index is 0.0832. The molecule has 3 fully saturated rings. The molecule has 8 rings (SSSR count). The molecule has 2 saturated carbocycles. The van der Waals surface area contributed by atoms with Gasteiger partial charge in [-0.05, 0) is 139 Å². The molecular weight excluding hydrogens is 703 g/mol.